The Morgan fingerprint density at radius 1 is 1.28 bits per heavy atom. The normalized spacial score (nSPS) is 21.9. The van der Waals surface area contributed by atoms with Crippen LogP contribution in [0.5, 0.6) is 0 Å². The lowest BCUT2D eigenvalue weighted by Gasteiger charge is -2.41. The first-order valence-corrected chi connectivity index (χ1v) is 6.31. The molecule has 0 atom stereocenters. The van der Waals surface area contributed by atoms with E-state index in [9.17, 15) is 19.5 Å². The third-order valence-electron chi connectivity index (χ3n) is 3.74. The Balaban J connectivity index is 1.78. The van der Waals surface area contributed by atoms with Crippen LogP contribution < -0.4 is 5.32 Å². The third-order valence-corrected chi connectivity index (χ3v) is 3.74. The Hall–Kier alpha value is -1.43. The quantitative estimate of drug-likeness (QED) is 0.651. The monoisotopic (exact) mass is 254 g/mol. The minimum absolute atomic E-state index is 0.0552. The molecule has 100 valence electrons. The summed E-state index contributed by atoms with van der Waals surface area (Å²) in [6.07, 6.45) is 3.19. The molecule has 0 bridgehead atoms. The Bertz CT molecular complexity index is 355. The number of imide groups is 1. The van der Waals surface area contributed by atoms with Gasteiger partial charge in [0, 0.05) is 25.8 Å². The maximum absolute atomic E-state index is 11.7. The van der Waals surface area contributed by atoms with Gasteiger partial charge in [0.25, 0.3) is 0 Å². The smallest absolute Gasteiger partial charge is 0.229 e. The molecule has 6 nitrogen and oxygen atoms in total. The van der Waals surface area contributed by atoms with E-state index in [4.69, 9.17) is 0 Å². The van der Waals surface area contributed by atoms with Crippen molar-refractivity contribution in [2.75, 3.05) is 13.2 Å². The van der Waals surface area contributed by atoms with Crippen LogP contribution >= 0.6 is 0 Å². The number of aliphatic hydroxyl groups is 1. The van der Waals surface area contributed by atoms with Crippen LogP contribution in [0.4, 0.5) is 0 Å². The van der Waals surface area contributed by atoms with Crippen molar-refractivity contribution in [2.45, 2.75) is 44.1 Å². The standard InChI is InChI=1S/C12H18N2O4/c15-8-12(5-1-6-12)13-9(16)4-7-14-10(17)2-3-11(14)18/h15H,1-8H2,(H,13,16). The number of amides is 3. The van der Waals surface area contributed by atoms with Crippen molar-refractivity contribution < 1.29 is 19.5 Å². The highest BCUT2D eigenvalue weighted by Crippen LogP contribution is 2.31. The van der Waals surface area contributed by atoms with Crippen molar-refractivity contribution in [3.8, 4) is 0 Å². The largest absolute Gasteiger partial charge is 0.394 e. The highest BCUT2D eigenvalue weighted by Gasteiger charge is 2.38. The van der Waals surface area contributed by atoms with Gasteiger partial charge in [0.1, 0.15) is 0 Å². The summed E-state index contributed by atoms with van der Waals surface area (Å²) in [7, 11) is 0. The van der Waals surface area contributed by atoms with Crippen LogP contribution in [0.25, 0.3) is 0 Å². The van der Waals surface area contributed by atoms with Gasteiger partial charge in [-0.15, -0.1) is 0 Å². The fourth-order valence-corrected chi connectivity index (χ4v) is 2.37. The van der Waals surface area contributed by atoms with E-state index in [0.717, 1.165) is 24.2 Å². The number of rotatable bonds is 5. The second-order valence-corrected chi connectivity index (χ2v) is 5.03. The first kappa shape index (κ1) is 13.0. The molecule has 1 heterocycles. The molecule has 3 amide bonds. The molecule has 1 aliphatic carbocycles. The highest BCUT2D eigenvalue weighted by molar-refractivity contribution is 6.02. The van der Waals surface area contributed by atoms with Gasteiger partial charge in [-0.05, 0) is 19.3 Å². The number of nitrogens with one attached hydrogen (secondary N) is 1. The summed E-state index contributed by atoms with van der Waals surface area (Å²) in [4.78, 5) is 35.5. The molecule has 2 rings (SSSR count). The molecule has 2 aliphatic rings. The summed E-state index contributed by atoms with van der Waals surface area (Å²) in [5, 5.41) is 12.0. The third kappa shape index (κ3) is 2.53. The number of likely N-dealkylation sites (tertiary alicyclic amines) is 1. The van der Waals surface area contributed by atoms with Gasteiger partial charge in [-0.1, -0.05) is 0 Å². The molecule has 0 aromatic heterocycles. The maximum atomic E-state index is 11.7. The summed E-state index contributed by atoms with van der Waals surface area (Å²) in [5.41, 5.74) is -0.462. The van der Waals surface area contributed by atoms with E-state index >= 15 is 0 Å². The van der Waals surface area contributed by atoms with Gasteiger partial charge in [0.05, 0.1) is 12.1 Å². The average Bonchev–Trinajstić information content (AvgIpc) is 2.61. The zero-order valence-electron chi connectivity index (χ0n) is 10.3. The SMILES string of the molecule is O=C(CCN1C(=O)CCC1=O)NC1(CO)CCC1. The lowest BCUT2D eigenvalue weighted by molar-refractivity contribution is -0.138. The first-order chi connectivity index (χ1) is 8.56. The molecule has 2 N–H and O–H groups in total. The average molecular weight is 254 g/mol. The van der Waals surface area contributed by atoms with E-state index in [-0.39, 0.29) is 50.1 Å². The number of carbonyl (C=O) groups is 3. The Kier molecular flexibility index (Phi) is 3.65. The molecule has 0 aromatic carbocycles. The molecule has 0 unspecified atom stereocenters. The summed E-state index contributed by atoms with van der Waals surface area (Å²) < 4.78 is 0. The molecule has 0 aromatic rings. The van der Waals surface area contributed by atoms with Crippen molar-refractivity contribution in [1.29, 1.82) is 0 Å². The molecule has 0 radical (unpaired) electrons. The van der Waals surface area contributed by atoms with E-state index in [1.54, 1.807) is 0 Å². The van der Waals surface area contributed by atoms with Crippen LogP contribution in [-0.2, 0) is 14.4 Å². The Labute approximate surface area is 105 Å². The van der Waals surface area contributed by atoms with Crippen molar-refractivity contribution >= 4 is 17.7 Å². The second-order valence-electron chi connectivity index (χ2n) is 5.03. The number of hydrogen-bond donors (Lipinski definition) is 2. The van der Waals surface area contributed by atoms with E-state index in [2.05, 4.69) is 5.32 Å². The molecule has 6 heteroatoms. The van der Waals surface area contributed by atoms with E-state index in [1.807, 2.05) is 0 Å². The van der Waals surface area contributed by atoms with Gasteiger partial charge < -0.3 is 10.4 Å². The van der Waals surface area contributed by atoms with E-state index in [0.29, 0.717) is 0 Å². The Morgan fingerprint density at radius 2 is 1.89 bits per heavy atom. The minimum Gasteiger partial charge on any atom is -0.394 e. The van der Waals surface area contributed by atoms with Gasteiger partial charge in [0.2, 0.25) is 17.7 Å². The molecule has 1 saturated heterocycles. The highest BCUT2D eigenvalue weighted by atomic mass is 16.3. The molecule has 18 heavy (non-hydrogen) atoms. The zero-order chi connectivity index (χ0) is 13.2. The van der Waals surface area contributed by atoms with Crippen molar-refractivity contribution in [1.82, 2.24) is 10.2 Å². The molecule has 0 spiro atoms. The molecule has 2 fully saturated rings. The van der Waals surface area contributed by atoms with E-state index < -0.39 is 5.54 Å². The predicted octanol–water partition coefficient (Wildman–Crippen LogP) is -0.443. The summed E-state index contributed by atoms with van der Waals surface area (Å²) in [6.45, 7) is 0.0886. The van der Waals surface area contributed by atoms with Crippen LogP contribution in [0.2, 0.25) is 0 Å². The van der Waals surface area contributed by atoms with Crippen LogP contribution in [0.1, 0.15) is 38.5 Å². The van der Waals surface area contributed by atoms with Gasteiger partial charge in [-0.2, -0.15) is 0 Å². The van der Waals surface area contributed by atoms with Crippen LogP contribution in [0, 0.1) is 0 Å². The second kappa shape index (κ2) is 5.06. The van der Waals surface area contributed by atoms with Crippen LogP contribution in [-0.4, -0.2) is 46.4 Å². The van der Waals surface area contributed by atoms with Gasteiger partial charge >= 0.3 is 0 Å². The molecule has 1 saturated carbocycles. The maximum Gasteiger partial charge on any atom is 0.229 e. The van der Waals surface area contributed by atoms with E-state index in [1.165, 1.54) is 0 Å². The van der Waals surface area contributed by atoms with Gasteiger partial charge in [-0.25, -0.2) is 0 Å². The fourth-order valence-electron chi connectivity index (χ4n) is 2.37. The van der Waals surface area contributed by atoms with Crippen LogP contribution in [0.15, 0.2) is 0 Å². The Morgan fingerprint density at radius 3 is 2.33 bits per heavy atom. The van der Waals surface area contributed by atoms with Crippen molar-refractivity contribution in [3.63, 3.8) is 0 Å². The molecular weight excluding hydrogens is 236 g/mol. The van der Waals surface area contributed by atoms with Gasteiger partial charge in [0.15, 0.2) is 0 Å². The fraction of sp³-hybridized carbons (Fsp3) is 0.750. The molecular formula is C12H18N2O4. The number of carbonyl (C=O) groups excluding carboxylic acids is 3. The summed E-state index contributed by atoms with van der Waals surface area (Å²) >= 11 is 0. The molecule has 1 aliphatic heterocycles. The van der Waals surface area contributed by atoms with Crippen molar-refractivity contribution in [2.24, 2.45) is 0 Å². The number of nitrogens with zero attached hydrogens (tertiary/aromatic N) is 1. The summed E-state index contributed by atoms with van der Waals surface area (Å²) in [5.74, 6) is -0.613. The summed E-state index contributed by atoms with van der Waals surface area (Å²) in [6, 6.07) is 0. The number of hydrogen-bond acceptors (Lipinski definition) is 4. The lowest BCUT2D eigenvalue weighted by Crippen LogP contribution is -2.56. The zero-order valence-corrected chi connectivity index (χ0v) is 10.3. The topological polar surface area (TPSA) is 86.7 Å². The lowest BCUT2D eigenvalue weighted by atomic mass is 9.77. The van der Waals surface area contributed by atoms with Crippen molar-refractivity contribution in [3.05, 3.63) is 0 Å². The van der Waals surface area contributed by atoms with Crippen LogP contribution in [0.3, 0.4) is 0 Å². The predicted molar refractivity (Wildman–Crippen MR) is 62.4 cm³/mol. The minimum atomic E-state index is -0.462. The number of aliphatic hydroxyl groups excluding tert-OH is 1. The van der Waals surface area contributed by atoms with Gasteiger partial charge in [-0.3, -0.25) is 19.3 Å². The first-order valence-electron chi connectivity index (χ1n) is 6.31.